The number of aryl methyl sites for hydroxylation is 1. The average Bonchev–Trinajstić information content (AvgIpc) is 1.83. The Bertz CT molecular complexity index is 261. The minimum atomic E-state index is -0.558. The topological polar surface area (TPSA) is 53.3 Å². The van der Waals surface area contributed by atoms with Crippen LogP contribution in [0.4, 0.5) is 0 Å². The molecule has 0 spiro atoms. The van der Waals surface area contributed by atoms with Crippen molar-refractivity contribution in [2.45, 2.75) is 6.92 Å². The molecule has 0 aromatic carbocycles. The highest BCUT2D eigenvalue weighted by molar-refractivity contribution is 5.18. The van der Waals surface area contributed by atoms with Gasteiger partial charge >= 0.3 is 0 Å². The summed E-state index contributed by atoms with van der Waals surface area (Å²) in [6, 6.07) is 1.11. The van der Waals surface area contributed by atoms with E-state index in [-0.39, 0.29) is 5.76 Å². The maximum absolute atomic E-state index is 10.6. The predicted molar refractivity (Wildman–Crippen MR) is 29.2 cm³/mol. The Hall–Kier alpha value is -1.25. The van der Waals surface area contributed by atoms with Crippen LogP contribution >= 0.6 is 0 Å². The normalized spacial score (nSPS) is 9.44. The van der Waals surface area contributed by atoms with Crippen LogP contribution in [0.1, 0.15) is 5.76 Å². The molecule has 1 rings (SSSR count). The van der Waals surface area contributed by atoms with E-state index in [1.54, 1.807) is 0 Å². The molecule has 48 valence electrons. The van der Waals surface area contributed by atoms with E-state index >= 15 is 0 Å². The Morgan fingerprint density at radius 1 is 1.67 bits per heavy atom. The largest absolute Gasteiger partial charge is 0.868 e. The Morgan fingerprint density at radius 2 is 2.33 bits per heavy atom. The zero-order valence-corrected chi connectivity index (χ0v) is 4.88. The van der Waals surface area contributed by atoms with Gasteiger partial charge in [0.2, 0.25) is 0 Å². The van der Waals surface area contributed by atoms with Crippen molar-refractivity contribution >= 4 is 0 Å². The maximum Gasteiger partial charge on any atom is 0.177 e. The smallest absolute Gasteiger partial charge is 0.177 e. The zero-order chi connectivity index (χ0) is 6.85. The van der Waals surface area contributed by atoms with Crippen molar-refractivity contribution in [2.75, 3.05) is 0 Å². The van der Waals surface area contributed by atoms with Crippen molar-refractivity contribution in [1.29, 1.82) is 0 Å². The van der Waals surface area contributed by atoms with Crippen LogP contribution in [0.5, 0.6) is 5.75 Å². The molecule has 0 atom stereocenters. The summed E-state index contributed by atoms with van der Waals surface area (Å²) < 4.78 is 4.63. The summed E-state index contributed by atoms with van der Waals surface area (Å²) in [5.74, 6) is -0.417. The van der Waals surface area contributed by atoms with E-state index in [1.807, 2.05) is 0 Å². The van der Waals surface area contributed by atoms with Crippen LogP contribution < -0.4 is 10.5 Å². The van der Waals surface area contributed by atoms with Crippen LogP contribution in [0.2, 0.25) is 0 Å². The summed E-state index contributed by atoms with van der Waals surface area (Å²) in [5.41, 5.74) is -0.515. The molecular formula is C6H5O3-. The second-order valence-electron chi connectivity index (χ2n) is 1.67. The summed E-state index contributed by atoms with van der Waals surface area (Å²) in [7, 11) is 0. The molecule has 1 aromatic rings. The van der Waals surface area contributed by atoms with Gasteiger partial charge in [0.05, 0.1) is 12.0 Å². The predicted octanol–water partition coefficient (Wildman–Crippen LogP) is 0.0218. The molecule has 0 aliphatic rings. The minimum Gasteiger partial charge on any atom is -0.868 e. The van der Waals surface area contributed by atoms with Gasteiger partial charge in [-0.3, -0.25) is 4.79 Å². The molecule has 0 radical (unpaired) electrons. The van der Waals surface area contributed by atoms with Crippen LogP contribution in [-0.2, 0) is 0 Å². The Kier molecular flexibility index (Phi) is 1.26. The Labute approximate surface area is 51.6 Å². The highest BCUT2D eigenvalue weighted by Gasteiger charge is 1.89. The van der Waals surface area contributed by atoms with Crippen LogP contribution in [-0.4, -0.2) is 0 Å². The van der Waals surface area contributed by atoms with Gasteiger partial charge in [-0.05, 0) is 12.7 Å². The Morgan fingerprint density at radius 3 is 2.78 bits per heavy atom. The minimum absolute atomic E-state index is 0.141. The molecule has 3 nitrogen and oxygen atoms in total. The molecule has 0 bridgehead atoms. The van der Waals surface area contributed by atoms with Crippen molar-refractivity contribution in [2.24, 2.45) is 0 Å². The van der Waals surface area contributed by atoms with E-state index in [0.717, 1.165) is 6.07 Å². The lowest BCUT2D eigenvalue weighted by Gasteiger charge is -2.03. The fraction of sp³-hybridized carbons (Fsp3) is 0.167. The molecule has 0 saturated carbocycles. The highest BCUT2D eigenvalue weighted by Crippen LogP contribution is 2.02. The molecule has 1 heterocycles. The maximum atomic E-state index is 10.6. The first-order chi connectivity index (χ1) is 4.22. The summed E-state index contributed by atoms with van der Waals surface area (Å²) in [4.78, 5) is 10.5. The quantitative estimate of drug-likeness (QED) is 0.491. The molecule has 0 amide bonds. The molecule has 0 aliphatic carbocycles. The summed E-state index contributed by atoms with van der Waals surface area (Å²) in [6.07, 6.45) is 1.21. The van der Waals surface area contributed by atoms with Crippen molar-refractivity contribution in [3.05, 3.63) is 28.3 Å². The van der Waals surface area contributed by atoms with Crippen LogP contribution in [0, 0.1) is 6.92 Å². The first kappa shape index (κ1) is 5.88. The zero-order valence-electron chi connectivity index (χ0n) is 4.88. The van der Waals surface area contributed by atoms with Gasteiger partial charge in [0.1, 0.15) is 0 Å². The van der Waals surface area contributed by atoms with Crippen LogP contribution in [0.15, 0.2) is 21.5 Å². The van der Waals surface area contributed by atoms with Gasteiger partial charge in [-0.1, -0.05) is 0 Å². The van der Waals surface area contributed by atoms with Crippen molar-refractivity contribution in [3.8, 4) is 5.75 Å². The molecule has 3 heteroatoms. The lowest BCUT2D eigenvalue weighted by Crippen LogP contribution is -2.08. The first-order valence-corrected chi connectivity index (χ1v) is 2.47. The molecule has 0 aliphatic heterocycles. The van der Waals surface area contributed by atoms with Crippen molar-refractivity contribution in [3.63, 3.8) is 0 Å². The summed E-state index contributed by atoms with van der Waals surface area (Å²) in [6.45, 7) is 1.46. The number of hydrogen-bond donors (Lipinski definition) is 0. The van der Waals surface area contributed by atoms with Gasteiger partial charge in [0.15, 0.2) is 5.43 Å². The van der Waals surface area contributed by atoms with E-state index in [0.29, 0.717) is 0 Å². The standard InChI is InChI=1S/C6H6O3/c1-4-6(8)5(7)2-3-9-4/h2-3,8H,1H3/p-1. The molecule has 0 fully saturated rings. The van der Waals surface area contributed by atoms with Gasteiger partial charge in [0, 0.05) is 6.07 Å². The lowest BCUT2D eigenvalue weighted by molar-refractivity contribution is -0.272. The van der Waals surface area contributed by atoms with Gasteiger partial charge in [-0.15, -0.1) is 0 Å². The lowest BCUT2D eigenvalue weighted by atomic mass is 10.4. The third-order valence-corrected chi connectivity index (χ3v) is 1.01. The highest BCUT2D eigenvalue weighted by atomic mass is 16.4. The molecule has 0 saturated heterocycles. The molecule has 1 aromatic heterocycles. The Balaban J connectivity index is 3.43. The SMILES string of the molecule is Cc1occc(=O)c1[O-]. The van der Waals surface area contributed by atoms with Crippen molar-refractivity contribution in [1.82, 2.24) is 0 Å². The van der Waals surface area contributed by atoms with E-state index in [2.05, 4.69) is 4.42 Å². The van der Waals surface area contributed by atoms with Crippen LogP contribution in [0.25, 0.3) is 0 Å². The van der Waals surface area contributed by atoms with E-state index < -0.39 is 11.2 Å². The first-order valence-electron chi connectivity index (χ1n) is 2.47. The molecule has 0 N–H and O–H groups in total. The second kappa shape index (κ2) is 1.93. The molecule has 0 unspecified atom stereocenters. The monoisotopic (exact) mass is 125 g/mol. The van der Waals surface area contributed by atoms with Gasteiger partial charge in [-0.25, -0.2) is 0 Å². The third-order valence-electron chi connectivity index (χ3n) is 1.01. The number of rotatable bonds is 0. The van der Waals surface area contributed by atoms with Gasteiger partial charge in [-0.2, -0.15) is 0 Å². The summed E-state index contributed by atoms with van der Waals surface area (Å²) >= 11 is 0. The van der Waals surface area contributed by atoms with E-state index in [1.165, 1.54) is 13.2 Å². The summed E-state index contributed by atoms with van der Waals surface area (Å²) in [5, 5.41) is 10.6. The fourth-order valence-corrected chi connectivity index (χ4v) is 0.501. The molecular weight excluding hydrogens is 120 g/mol. The average molecular weight is 125 g/mol. The second-order valence-corrected chi connectivity index (χ2v) is 1.67. The molecule has 9 heavy (non-hydrogen) atoms. The van der Waals surface area contributed by atoms with E-state index in [9.17, 15) is 9.90 Å². The van der Waals surface area contributed by atoms with Crippen molar-refractivity contribution < 1.29 is 9.52 Å². The van der Waals surface area contributed by atoms with E-state index in [4.69, 9.17) is 0 Å². The fourth-order valence-electron chi connectivity index (χ4n) is 0.501. The van der Waals surface area contributed by atoms with Crippen LogP contribution in [0.3, 0.4) is 0 Å². The van der Waals surface area contributed by atoms with Gasteiger partial charge < -0.3 is 9.52 Å². The van der Waals surface area contributed by atoms with Gasteiger partial charge in [0.25, 0.3) is 0 Å². The third kappa shape index (κ3) is 0.937. The number of hydrogen-bond acceptors (Lipinski definition) is 3.